The second-order valence-corrected chi connectivity index (χ2v) is 6.08. The van der Waals surface area contributed by atoms with Gasteiger partial charge in [0.25, 0.3) is 0 Å². The van der Waals surface area contributed by atoms with Crippen LogP contribution in [0, 0.1) is 0 Å². The van der Waals surface area contributed by atoms with Gasteiger partial charge in [-0.1, -0.05) is 88.4 Å². The van der Waals surface area contributed by atoms with Gasteiger partial charge in [0.2, 0.25) is 0 Å². The van der Waals surface area contributed by atoms with Crippen LogP contribution >= 0.6 is 0 Å². The number of aromatic nitrogens is 3. The Morgan fingerprint density at radius 3 is 1.57 bits per heavy atom. The smallest absolute Gasteiger partial charge is 0.262 e. The molecular formula is C20H30N4O3S. The van der Waals surface area contributed by atoms with Crippen LogP contribution in [0.5, 0.6) is 0 Å². The summed E-state index contributed by atoms with van der Waals surface area (Å²) >= 11 is 0. The predicted octanol–water partition coefficient (Wildman–Crippen LogP) is 3.80. The Morgan fingerprint density at radius 2 is 1.29 bits per heavy atom. The lowest BCUT2D eigenvalue weighted by Gasteiger charge is -2.17. The second-order valence-electron chi connectivity index (χ2n) is 4.76. The highest BCUT2D eigenvalue weighted by atomic mass is 32.2. The maximum Gasteiger partial charge on any atom is 0.333 e. The van der Waals surface area contributed by atoms with Crippen molar-refractivity contribution in [2.75, 3.05) is 7.11 Å². The molecule has 8 heteroatoms. The molecule has 7 nitrogen and oxygen atoms in total. The molecule has 3 rings (SSSR count). The average Bonchev–Trinajstić information content (AvgIpc) is 3.27. The molecular weight excluding hydrogens is 376 g/mol. The fourth-order valence-electron chi connectivity index (χ4n) is 2.12. The fourth-order valence-corrected chi connectivity index (χ4v) is 2.12. The molecule has 0 aliphatic heterocycles. The summed E-state index contributed by atoms with van der Waals surface area (Å²) in [5, 5.41) is 8.56. The van der Waals surface area contributed by atoms with Crippen LogP contribution in [-0.2, 0) is 14.5 Å². The Balaban J connectivity index is 0.000000622. The van der Waals surface area contributed by atoms with Crippen LogP contribution in [0.3, 0.4) is 0 Å². The number of nitrogens with zero attached hydrogens (tertiary/aromatic N) is 3. The summed E-state index contributed by atoms with van der Waals surface area (Å²) < 4.78 is 24.7. The SMILES string of the molecule is CC.CC.COS(N)(=O)=O.c1ccc(C(c2ccccc2)n2cncn2)cc1. The number of benzene rings is 2. The van der Waals surface area contributed by atoms with E-state index in [-0.39, 0.29) is 6.04 Å². The van der Waals surface area contributed by atoms with Crippen LogP contribution < -0.4 is 5.14 Å². The summed E-state index contributed by atoms with van der Waals surface area (Å²) in [5.74, 6) is 0. The summed E-state index contributed by atoms with van der Waals surface area (Å²) in [6.45, 7) is 8.00. The molecule has 2 N–H and O–H groups in total. The molecule has 2 aromatic carbocycles. The largest absolute Gasteiger partial charge is 0.333 e. The van der Waals surface area contributed by atoms with E-state index in [0.717, 1.165) is 7.11 Å². The maximum absolute atomic E-state index is 9.56. The summed E-state index contributed by atoms with van der Waals surface area (Å²) in [7, 11) is -2.67. The summed E-state index contributed by atoms with van der Waals surface area (Å²) in [6, 6.07) is 20.7. The third-order valence-electron chi connectivity index (χ3n) is 3.16. The molecule has 0 saturated heterocycles. The first-order chi connectivity index (χ1) is 13.5. The molecule has 0 amide bonds. The Bertz CT molecular complexity index is 785. The minimum Gasteiger partial charge on any atom is -0.262 e. The monoisotopic (exact) mass is 406 g/mol. The average molecular weight is 407 g/mol. The molecule has 0 radical (unpaired) electrons. The van der Waals surface area contributed by atoms with Crippen molar-refractivity contribution in [2.45, 2.75) is 33.7 Å². The van der Waals surface area contributed by atoms with Gasteiger partial charge in [0.15, 0.2) is 0 Å². The summed E-state index contributed by atoms with van der Waals surface area (Å²) in [6.07, 6.45) is 3.32. The van der Waals surface area contributed by atoms with Crippen LogP contribution in [0.4, 0.5) is 0 Å². The Labute approximate surface area is 168 Å². The van der Waals surface area contributed by atoms with Crippen molar-refractivity contribution in [3.8, 4) is 0 Å². The van der Waals surface area contributed by atoms with E-state index in [1.165, 1.54) is 11.1 Å². The number of rotatable bonds is 4. The zero-order valence-electron chi connectivity index (χ0n) is 17.1. The molecule has 28 heavy (non-hydrogen) atoms. The van der Waals surface area contributed by atoms with Crippen molar-refractivity contribution in [3.05, 3.63) is 84.4 Å². The Morgan fingerprint density at radius 1 is 0.893 bits per heavy atom. The van der Waals surface area contributed by atoms with Gasteiger partial charge in [0, 0.05) is 0 Å². The van der Waals surface area contributed by atoms with Crippen LogP contribution in [0.2, 0.25) is 0 Å². The minimum atomic E-state index is -3.66. The zero-order valence-corrected chi connectivity index (χ0v) is 17.9. The molecule has 154 valence electrons. The topological polar surface area (TPSA) is 100 Å². The van der Waals surface area contributed by atoms with Gasteiger partial charge in [-0.3, -0.25) is 4.18 Å². The molecule has 0 aliphatic rings. The summed E-state index contributed by atoms with van der Waals surface area (Å²) in [5.41, 5.74) is 2.41. The quantitative estimate of drug-likeness (QED) is 0.710. The molecule has 0 bridgehead atoms. The van der Waals surface area contributed by atoms with Crippen LogP contribution in [0.1, 0.15) is 44.9 Å². The molecule has 0 aliphatic carbocycles. The second kappa shape index (κ2) is 14.5. The van der Waals surface area contributed by atoms with E-state index >= 15 is 0 Å². The standard InChI is InChI=1S/C15H13N3.2C2H6.CH5NO3S/c1-3-7-13(8-4-1)15(18-12-16-11-17-18)14-9-5-2-6-10-14;2*1-2;1-5-6(2,3)4/h1-12,15H;2*1-2H3;1H3,(H2,2,3,4). The molecule has 1 heterocycles. The number of hydrogen-bond acceptors (Lipinski definition) is 5. The molecule has 0 saturated carbocycles. The van der Waals surface area contributed by atoms with Crippen LogP contribution in [0.25, 0.3) is 0 Å². The fraction of sp³-hybridized carbons (Fsp3) is 0.300. The van der Waals surface area contributed by atoms with Gasteiger partial charge in [-0.2, -0.15) is 13.5 Å². The lowest BCUT2D eigenvalue weighted by Crippen LogP contribution is -2.12. The highest BCUT2D eigenvalue weighted by Gasteiger charge is 2.15. The molecule has 0 atom stereocenters. The number of hydrogen-bond donors (Lipinski definition) is 1. The van der Waals surface area contributed by atoms with Gasteiger partial charge in [-0.05, 0) is 11.1 Å². The van der Waals surface area contributed by atoms with E-state index in [1.807, 2.05) is 68.8 Å². The molecule has 0 fully saturated rings. The van der Waals surface area contributed by atoms with Gasteiger partial charge in [-0.25, -0.2) is 14.8 Å². The highest BCUT2D eigenvalue weighted by molar-refractivity contribution is 7.84. The van der Waals surface area contributed by atoms with Crippen LogP contribution in [-0.4, -0.2) is 30.3 Å². The van der Waals surface area contributed by atoms with Gasteiger partial charge in [0.05, 0.1) is 7.11 Å². The van der Waals surface area contributed by atoms with E-state index in [0.29, 0.717) is 0 Å². The van der Waals surface area contributed by atoms with Gasteiger partial charge >= 0.3 is 10.3 Å². The zero-order chi connectivity index (χ0) is 21.4. The lowest BCUT2D eigenvalue weighted by atomic mass is 9.99. The Hall–Kier alpha value is -2.55. The van der Waals surface area contributed by atoms with E-state index in [4.69, 9.17) is 0 Å². The van der Waals surface area contributed by atoms with Crippen molar-refractivity contribution >= 4 is 10.3 Å². The van der Waals surface area contributed by atoms with E-state index < -0.39 is 10.3 Å². The van der Waals surface area contributed by atoms with E-state index in [1.54, 1.807) is 12.7 Å². The maximum atomic E-state index is 9.56. The van der Waals surface area contributed by atoms with Gasteiger partial charge < -0.3 is 0 Å². The van der Waals surface area contributed by atoms with E-state index in [9.17, 15) is 8.42 Å². The highest BCUT2D eigenvalue weighted by Crippen LogP contribution is 2.24. The Kier molecular flexibility index (Phi) is 13.2. The van der Waals surface area contributed by atoms with E-state index in [2.05, 4.69) is 43.7 Å². The van der Waals surface area contributed by atoms with Crippen molar-refractivity contribution in [1.29, 1.82) is 0 Å². The third-order valence-corrected chi connectivity index (χ3v) is 3.63. The first kappa shape index (κ1) is 25.4. The van der Waals surface area contributed by atoms with Crippen LogP contribution in [0.15, 0.2) is 73.3 Å². The lowest BCUT2D eigenvalue weighted by molar-refractivity contribution is 0.399. The minimum absolute atomic E-state index is 0.0786. The van der Waals surface area contributed by atoms with Crippen molar-refractivity contribution in [2.24, 2.45) is 5.14 Å². The third kappa shape index (κ3) is 9.40. The number of nitrogens with two attached hydrogens (primary N) is 1. The predicted molar refractivity (Wildman–Crippen MR) is 113 cm³/mol. The van der Waals surface area contributed by atoms with Gasteiger partial charge in [-0.15, -0.1) is 0 Å². The molecule has 1 aromatic heterocycles. The van der Waals surface area contributed by atoms with Crippen molar-refractivity contribution < 1.29 is 12.6 Å². The molecule has 0 spiro atoms. The van der Waals surface area contributed by atoms with Crippen molar-refractivity contribution in [1.82, 2.24) is 14.8 Å². The molecule has 0 unspecified atom stereocenters. The normalized spacial score (nSPS) is 9.82. The first-order valence-corrected chi connectivity index (χ1v) is 10.5. The van der Waals surface area contributed by atoms with Crippen molar-refractivity contribution in [3.63, 3.8) is 0 Å². The van der Waals surface area contributed by atoms with Gasteiger partial charge in [0.1, 0.15) is 18.7 Å². The molecule has 3 aromatic rings. The summed E-state index contributed by atoms with van der Waals surface area (Å²) in [4.78, 5) is 4.05. The first-order valence-electron chi connectivity index (χ1n) is 9.03.